The van der Waals surface area contributed by atoms with Gasteiger partial charge < -0.3 is 9.80 Å². The molecule has 0 radical (unpaired) electrons. The summed E-state index contributed by atoms with van der Waals surface area (Å²) < 4.78 is 25.2. The Kier molecular flexibility index (Phi) is 22.2. The van der Waals surface area contributed by atoms with Crippen molar-refractivity contribution in [1.82, 2.24) is 9.80 Å². The summed E-state index contributed by atoms with van der Waals surface area (Å²) in [5, 5.41) is 3.88. The van der Waals surface area contributed by atoms with E-state index in [1.165, 1.54) is 0 Å². The molecule has 3 N–H and O–H groups in total. The van der Waals surface area contributed by atoms with E-state index in [9.17, 15) is 0 Å². The van der Waals surface area contributed by atoms with Crippen molar-refractivity contribution in [2.24, 2.45) is 5.14 Å². The van der Waals surface area contributed by atoms with Crippen LogP contribution in [0.25, 0.3) is 0 Å². The quantitative estimate of drug-likeness (QED) is 0.568. The Morgan fingerprint density at radius 3 is 0.929 bits per heavy atom. The molecular formula is C6H22ClN3O3S. The molecule has 0 rings (SSSR count). The summed E-state index contributed by atoms with van der Waals surface area (Å²) in [5.41, 5.74) is 0. The summed E-state index contributed by atoms with van der Waals surface area (Å²) in [5.74, 6) is 0. The first kappa shape index (κ1) is 23.7. The van der Waals surface area contributed by atoms with Crippen molar-refractivity contribution < 1.29 is 13.0 Å². The third-order valence-corrected chi connectivity index (χ3v) is 0. The van der Waals surface area contributed by atoms with Gasteiger partial charge in [-0.05, 0) is 42.3 Å². The minimum absolute atomic E-state index is 0. The monoisotopic (exact) mass is 251 g/mol. The Balaban J connectivity index is -0.0000000522. The Morgan fingerprint density at radius 1 is 0.929 bits per heavy atom. The van der Waals surface area contributed by atoms with E-state index < -0.39 is 10.3 Å². The van der Waals surface area contributed by atoms with Gasteiger partial charge in [-0.25, -0.2) is 5.14 Å². The molecule has 0 atom stereocenters. The lowest BCUT2D eigenvalue weighted by atomic mass is 11.0. The fourth-order valence-corrected chi connectivity index (χ4v) is 0. The van der Waals surface area contributed by atoms with Crippen molar-refractivity contribution in [2.45, 2.75) is 0 Å². The largest absolute Gasteiger partial charge is 0.330 e. The van der Waals surface area contributed by atoms with Crippen LogP contribution in [0.1, 0.15) is 0 Å². The molecule has 14 heavy (non-hydrogen) atoms. The van der Waals surface area contributed by atoms with Crippen molar-refractivity contribution in [3.05, 3.63) is 0 Å². The molecular weight excluding hydrogens is 230 g/mol. The van der Waals surface area contributed by atoms with Crippen LogP contribution in [0, 0.1) is 0 Å². The predicted molar refractivity (Wildman–Crippen MR) is 62.2 cm³/mol. The van der Waals surface area contributed by atoms with Crippen LogP contribution in [0.5, 0.6) is 0 Å². The van der Waals surface area contributed by atoms with E-state index >= 15 is 0 Å². The molecule has 0 amide bonds. The van der Waals surface area contributed by atoms with Crippen LogP contribution in [0.3, 0.4) is 0 Å². The van der Waals surface area contributed by atoms with Crippen molar-refractivity contribution in [3.8, 4) is 0 Å². The molecule has 8 heteroatoms. The number of hydrogen-bond donors (Lipinski definition) is 2. The lowest BCUT2D eigenvalue weighted by Gasteiger charge is -1.90. The van der Waals surface area contributed by atoms with Gasteiger partial charge in [-0.3, -0.25) is 4.55 Å². The minimum atomic E-state index is -4.17. The van der Waals surface area contributed by atoms with Gasteiger partial charge >= 0.3 is 10.3 Å². The number of rotatable bonds is 0. The highest BCUT2D eigenvalue weighted by Crippen LogP contribution is 1.50. The predicted octanol–water partition coefficient (Wildman–Crippen LogP) is -0.475. The summed E-state index contributed by atoms with van der Waals surface area (Å²) in [6.07, 6.45) is 0. The highest BCUT2D eigenvalue weighted by Gasteiger charge is 1.81. The molecule has 0 aliphatic carbocycles. The SMILES string of the molecule is CN(C)C.CN(C)C.Cl.NS(=O)(=O)O. The first-order chi connectivity index (χ1) is 5.46. The van der Waals surface area contributed by atoms with Gasteiger partial charge in [0.05, 0.1) is 0 Å². The molecule has 0 heterocycles. The fourth-order valence-electron chi connectivity index (χ4n) is 0. The van der Waals surface area contributed by atoms with Crippen molar-refractivity contribution in [3.63, 3.8) is 0 Å². The number of nitrogens with two attached hydrogens (primary N) is 1. The molecule has 0 saturated carbocycles. The van der Waals surface area contributed by atoms with Crippen molar-refractivity contribution in [2.75, 3.05) is 42.3 Å². The lowest BCUT2D eigenvalue weighted by molar-refractivity contribution is 0.485. The van der Waals surface area contributed by atoms with Crippen LogP contribution in [0.15, 0.2) is 0 Å². The van der Waals surface area contributed by atoms with Gasteiger partial charge in [0.1, 0.15) is 0 Å². The van der Waals surface area contributed by atoms with Crippen molar-refractivity contribution in [1.29, 1.82) is 0 Å². The molecule has 0 spiro atoms. The number of hydrogen-bond acceptors (Lipinski definition) is 4. The van der Waals surface area contributed by atoms with Gasteiger partial charge in [0, 0.05) is 0 Å². The molecule has 0 unspecified atom stereocenters. The van der Waals surface area contributed by atoms with E-state index in [0.29, 0.717) is 0 Å². The first-order valence-electron chi connectivity index (χ1n) is 3.43. The zero-order chi connectivity index (χ0) is 11.7. The van der Waals surface area contributed by atoms with E-state index in [1.807, 2.05) is 52.1 Å². The molecule has 92 valence electrons. The van der Waals surface area contributed by atoms with Crippen LogP contribution < -0.4 is 5.14 Å². The number of nitrogens with zero attached hydrogens (tertiary/aromatic N) is 2. The topological polar surface area (TPSA) is 86.9 Å². The van der Waals surface area contributed by atoms with Gasteiger partial charge in [-0.1, -0.05) is 0 Å². The second-order valence-corrected chi connectivity index (χ2v) is 4.23. The maximum absolute atomic E-state index is 8.97. The molecule has 0 aliphatic rings. The van der Waals surface area contributed by atoms with Crippen LogP contribution in [0.2, 0.25) is 0 Å². The third-order valence-electron chi connectivity index (χ3n) is 0. The fraction of sp³-hybridized carbons (Fsp3) is 1.00. The molecule has 0 aromatic carbocycles. The molecule has 0 aromatic heterocycles. The average molecular weight is 252 g/mol. The molecule has 0 saturated heterocycles. The second-order valence-electron chi connectivity index (χ2n) is 3.20. The van der Waals surface area contributed by atoms with Gasteiger partial charge in [0.15, 0.2) is 0 Å². The summed E-state index contributed by atoms with van der Waals surface area (Å²) >= 11 is 0. The summed E-state index contributed by atoms with van der Waals surface area (Å²) in [6, 6.07) is 0. The first-order valence-corrected chi connectivity index (χ1v) is 4.94. The zero-order valence-corrected chi connectivity index (χ0v) is 11.2. The Labute approximate surface area is 93.4 Å². The molecule has 6 nitrogen and oxygen atoms in total. The van der Waals surface area contributed by atoms with Gasteiger partial charge in [0.2, 0.25) is 0 Å². The van der Waals surface area contributed by atoms with Crippen LogP contribution in [0.4, 0.5) is 0 Å². The highest BCUT2D eigenvalue weighted by molar-refractivity contribution is 7.83. The van der Waals surface area contributed by atoms with E-state index in [2.05, 4.69) is 5.14 Å². The highest BCUT2D eigenvalue weighted by atomic mass is 35.5. The summed E-state index contributed by atoms with van der Waals surface area (Å²) in [4.78, 5) is 4.00. The zero-order valence-electron chi connectivity index (χ0n) is 9.55. The number of halogens is 1. The summed E-state index contributed by atoms with van der Waals surface area (Å²) in [7, 11) is 7.83. The Bertz CT molecular complexity index is 163. The van der Waals surface area contributed by atoms with Gasteiger partial charge in [-0.2, -0.15) is 8.42 Å². The maximum atomic E-state index is 8.97. The Morgan fingerprint density at radius 2 is 0.929 bits per heavy atom. The van der Waals surface area contributed by atoms with Crippen LogP contribution in [-0.2, 0) is 10.3 Å². The molecule has 0 fully saturated rings. The normalized spacial score (nSPS) is 9.29. The van der Waals surface area contributed by atoms with Crippen LogP contribution in [-0.4, -0.2) is 65.1 Å². The maximum Gasteiger partial charge on any atom is 0.330 e. The van der Waals surface area contributed by atoms with E-state index in [4.69, 9.17) is 13.0 Å². The average Bonchev–Trinajstić information content (AvgIpc) is 1.50. The van der Waals surface area contributed by atoms with E-state index in [0.717, 1.165) is 0 Å². The van der Waals surface area contributed by atoms with Gasteiger partial charge in [0.25, 0.3) is 0 Å². The van der Waals surface area contributed by atoms with Crippen molar-refractivity contribution >= 4 is 22.7 Å². The standard InChI is InChI=1S/2C3H9N.ClH.H3NO3S/c2*1-4(2)3;;1-5(2,3)4/h2*1-3H3;1H;(H3,1,2,3,4). The van der Waals surface area contributed by atoms with Crippen LogP contribution >= 0.6 is 12.4 Å². The second kappa shape index (κ2) is 13.1. The minimum Gasteiger partial charge on any atom is -0.312 e. The Hall–Kier alpha value is 0.0800. The summed E-state index contributed by atoms with van der Waals surface area (Å²) in [6.45, 7) is 0. The van der Waals surface area contributed by atoms with Gasteiger partial charge in [-0.15, -0.1) is 12.4 Å². The third kappa shape index (κ3) is 232000. The lowest BCUT2D eigenvalue weighted by Crippen LogP contribution is -2.08. The van der Waals surface area contributed by atoms with E-state index in [1.54, 1.807) is 0 Å². The molecule has 0 aliphatic heterocycles. The molecule has 0 aromatic rings. The molecule has 0 bridgehead atoms. The smallest absolute Gasteiger partial charge is 0.312 e. The van der Waals surface area contributed by atoms with E-state index in [-0.39, 0.29) is 12.4 Å².